The largest absolute Gasteiger partial charge is 0.220 e. The van der Waals surface area contributed by atoms with Crippen LogP contribution in [-0.2, 0) is 0 Å². The van der Waals surface area contributed by atoms with Crippen LogP contribution < -0.4 is 0 Å². The number of benzene rings is 1. The second-order valence-electron chi connectivity index (χ2n) is 4.51. The number of aryl methyl sites for hydroxylation is 1. The molecule has 1 aromatic carbocycles. The van der Waals surface area contributed by atoms with Crippen molar-refractivity contribution in [2.45, 2.75) is 26.7 Å². The Hall–Kier alpha value is -1.12. The summed E-state index contributed by atoms with van der Waals surface area (Å²) in [5.41, 5.74) is 2.78. The molecule has 0 bridgehead atoms. The van der Waals surface area contributed by atoms with Gasteiger partial charge in [0.15, 0.2) is 0 Å². The van der Waals surface area contributed by atoms with E-state index < -0.39 is 0 Å². The minimum absolute atomic E-state index is 0.200. The van der Waals surface area contributed by atoms with E-state index in [1.54, 1.807) is 0 Å². The summed E-state index contributed by atoms with van der Waals surface area (Å²) in [5, 5.41) is 0.820. The Morgan fingerprint density at radius 2 is 1.56 bits per heavy atom. The summed E-state index contributed by atoms with van der Waals surface area (Å²) in [6.07, 6.45) is 0. The summed E-state index contributed by atoms with van der Waals surface area (Å²) in [5.74, 6) is 0.869. The minimum Gasteiger partial charge on any atom is -0.220 e. The Balaban J connectivity index is 2.63. The Morgan fingerprint density at radius 1 is 1.00 bits per heavy atom. The van der Waals surface area contributed by atoms with E-state index in [4.69, 9.17) is 23.2 Å². The first-order chi connectivity index (χ1) is 8.50. The first kappa shape index (κ1) is 13.3. The van der Waals surface area contributed by atoms with Crippen molar-refractivity contribution in [1.29, 1.82) is 0 Å². The van der Waals surface area contributed by atoms with E-state index in [0.29, 0.717) is 21.7 Å². The molecular formula is C14H14Cl2N2. The lowest BCUT2D eigenvalue weighted by Crippen LogP contribution is -2.00. The maximum atomic E-state index is 6.25. The van der Waals surface area contributed by atoms with E-state index in [0.717, 1.165) is 11.1 Å². The zero-order valence-corrected chi connectivity index (χ0v) is 12.0. The molecule has 0 aliphatic heterocycles. The third-order valence-corrected chi connectivity index (χ3v) is 3.32. The van der Waals surface area contributed by atoms with E-state index in [2.05, 4.69) is 9.97 Å². The van der Waals surface area contributed by atoms with Crippen LogP contribution in [0.5, 0.6) is 0 Å². The van der Waals surface area contributed by atoms with Crippen molar-refractivity contribution in [3.63, 3.8) is 0 Å². The van der Waals surface area contributed by atoms with Gasteiger partial charge < -0.3 is 0 Å². The van der Waals surface area contributed by atoms with Crippen molar-refractivity contribution < 1.29 is 0 Å². The number of nitrogens with zero attached hydrogens (tertiary/aromatic N) is 2. The second kappa shape index (κ2) is 5.25. The Kier molecular flexibility index (Phi) is 3.88. The zero-order chi connectivity index (χ0) is 13.3. The van der Waals surface area contributed by atoms with Crippen molar-refractivity contribution in [3.8, 4) is 11.1 Å². The first-order valence-corrected chi connectivity index (χ1v) is 6.55. The summed E-state index contributed by atoms with van der Waals surface area (Å²) < 4.78 is 0. The summed E-state index contributed by atoms with van der Waals surface area (Å²) >= 11 is 12.5. The SMILES string of the molecule is Cc1ccccc1-c1c(Cl)nc(C(C)C)nc1Cl. The maximum absolute atomic E-state index is 6.25. The monoisotopic (exact) mass is 280 g/mol. The molecule has 0 unspecified atom stereocenters. The fraction of sp³-hybridized carbons (Fsp3) is 0.286. The van der Waals surface area contributed by atoms with Gasteiger partial charge in [0.1, 0.15) is 16.1 Å². The molecule has 0 saturated carbocycles. The van der Waals surface area contributed by atoms with Gasteiger partial charge >= 0.3 is 0 Å². The number of aromatic nitrogens is 2. The van der Waals surface area contributed by atoms with Gasteiger partial charge in [-0.1, -0.05) is 61.3 Å². The van der Waals surface area contributed by atoms with Crippen LogP contribution in [0.3, 0.4) is 0 Å². The average Bonchev–Trinajstić information content (AvgIpc) is 2.30. The summed E-state index contributed by atoms with van der Waals surface area (Å²) in [7, 11) is 0. The van der Waals surface area contributed by atoms with Crippen LogP contribution in [0.1, 0.15) is 31.2 Å². The normalized spacial score (nSPS) is 11.0. The topological polar surface area (TPSA) is 25.8 Å². The number of halogens is 2. The molecule has 2 nitrogen and oxygen atoms in total. The molecule has 18 heavy (non-hydrogen) atoms. The number of hydrogen-bond acceptors (Lipinski definition) is 2. The van der Waals surface area contributed by atoms with E-state index in [9.17, 15) is 0 Å². The summed E-state index contributed by atoms with van der Waals surface area (Å²) in [6.45, 7) is 6.03. The fourth-order valence-corrected chi connectivity index (χ4v) is 2.36. The van der Waals surface area contributed by atoms with E-state index in [-0.39, 0.29) is 5.92 Å². The molecule has 1 heterocycles. The van der Waals surface area contributed by atoms with Crippen molar-refractivity contribution in [3.05, 3.63) is 46.0 Å². The molecule has 2 aromatic rings. The van der Waals surface area contributed by atoms with Gasteiger partial charge in [-0.05, 0) is 18.1 Å². The highest BCUT2D eigenvalue weighted by atomic mass is 35.5. The minimum atomic E-state index is 0.200. The van der Waals surface area contributed by atoms with E-state index in [1.165, 1.54) is 0 Å². The zero-order valence-electron chi connectivity index (χ0n) is 10.5. The lowest BCUT2D eigenvalue weighted by Gasteiger charge is -2.11. The van der Waals surface area contributed by atoms with Crippen molar-refractivity contribution in [2.24, 2.45) is 0 Å². The van der Waals surface area contributed by atoms with Crippen LogP contribution in [0.4, 0.5) is 0 Å². The first-order valence-electron chi connectivity index (χ1n) is 5.79. The smallest absolute Gasteiger partial charge is 0.142 e. The molecule has 94 valence electrons. The molecule has 0 atom stereocenters. The number of rotatable bonds is 2. The van der Waals surface area contributed by atoms with Gasteiger partial charge in [0.25, 0.3) is 0 Å². The molecule has 0 aliphatic carbocycles. The molecule has 0 saturated heterocycles. The molecule has 4 heteroatoms. The predicted octanol–water partition coefficient (Wildman–Crippen LogP) is 4.88. The predicted molar refractivity (Wildman–Crippen MR) is 76.3 cm³/mol. The molecule has 0 spiro atoms. The average molecular weight is 281 g/mol. The van der Waals surface area contributed by atoms with Gasteiger partial charge in [0.05, 0.1) is 5.56 Å². The van der Waals surface area contributed by atoms with Gasteiger partial charge in [0, 0.05) is 5.92 Å². The molecule has 0 N–H and O–H groups in total. The van der Waals surface area contributed by atoms with Crippen molar-refractivity contribution in [1.82, 2.24) is 9.97 Å². The molecule has 1 aromatic heterocycles. The Labute approximate surface area is 117 Å². The molecule has 0 aliphatic rings. The van der Waals surface area contributed by atoms with Gasteiger partial charge in [-0.15, -0.1) is 0 Å². The summed E-state index contributed by atoms with van der Waals surface area (Å²) in [6, 6.07) is 7.91. The Bertz CT molecular complexity index is 557. The maximum Gasteiger partial charge on any atom is 0.142 e. The van der Waals surface area contributed by atoms with Crippen LogP contribution >= 0.6 is 23.2 Å². The fourth-order valence-electron chi connectivity index (χ4n) is 1.76. The van der Waals surface area contributed by atoms with E-state index in [1.807, 2.05) is 45.0 Å². The second-order valence-corrected chi connectivity index (χ2v) is 5.22. The molecule has 0 radical (unpaired) electrons. The highest BCUT2D eigenvalue weighted by Gasteiger charge is 2.16. The van der Waals surface area contributed by atoms with Gasteiger partial charge in [-0.2, -0.15) is 0 Å². The third kappa shape index (κ3) is 2.50. The van der Waals surface area contributed by atoms with Gasteiger partial charge in [-0.3, -0.25) is 0 Å². The standard InChI is InChI=1S/C14H14Cl2N2/c1-8(2)14-17-12(15)11(13(16)18-14)10-7-5-4-6-9(10)3/h4-8H,1-3H3. The third-order valence-electron chi connectivity index (χ3n) is 2.77. The van der Waals surface area contributed by atoms with Crippen molar-refractivity contribution >= 4 is 23.2 Å². The molecule has 0 amide bonds. The van der Waals surface area contributed by atoms with Crippen LogP contribution in [0, 0.1) is 6.92 Å². The quantitative estimate of drug-likeness (QED) is 0.733. The molecular weight excluding hydrogens is 267 g/mol. The van der Waals surface area contributed by atoms with Crippen molar-refractivity contribution in [2.75, 3.05) is 0 Å². The molecule has 0 fully saturated rings. The number of hydrogen-bond donors (Lipinski definition) is 0. The van der Waals surface area contributed by atoms with E-state index >= 15 is 0 Å². The van der Waals surface area contributed by atoms with Gasteiger partial charge in [-0.25, -0.2) is 9.97 Å². The lowest BCUT2D eigenvalue weighted by molar-refractivity contribution is 0.775. The van der Waals surface area contributed by atoms with Crippen LogP contribution in [-0.4, -0.2) is 9.97 Å². The molecule has 2 rings (SSSR count). The Morgan fingerprint density at radius 3 is 2.06 bits per heavy atom. The highest BCUT2D eigenvalue weighted by Crippen LogP contribution is 2.34. The van der Waals surface area contributed by atoms with Crippen LogP contribution in [0.15, 0.2) is 24.3 Å². The van der Waals surface area contributed by atoms with Gasteiger partial charge in [0.2, 0.25) is 0 Å². The van der Waals surface area contributed by atoms with Crippen LogP contribution in [0.25, 0.3) is 11.1 Å². The van der Waals surface area contributed by atoms with Crippen LogP contribution in [0.2, 0.25) is 10.3 Å². The lowest BCUT2D eigenvalue weighted by atomic mass is 10.0. The summed E-state index contributed by atoms with van der Waals surface area (Å²) in [4.78, 5) is 8.64. The highest BCUT2D eigenvalue weighted by molar-refractivity contribution is 6.37.